The van der Waals surface area contributed by atoms with Crippen molar-refractivity contribution in [2.24, 2.45) is 0 Å². The summed E-state index contributed by atoms with van der Waals surface area (Å²) in [6.45, 7) is 1.27. The van der Waals surface area contributed by atoms with Gasteiger partial charge >= 0.3 is 5.97 Å². The van der Waals surface area contributed by atoms with Crippen LogP contribution in [0.4, 0.5) is 0 Å². The summed E-state index contributed by atoms with van der Waals surface area (Å²) in [7, 11) is 0. The maximum Gasteiger partial charge on any atom is 0.338 e. The number of carbonyl (C=O) groups is 1. The fraction of sp³-hybridized carbons (Fsp3) is 0.300. The number of rotatable bonds is 3. The Labute approximate surface area is 86.5 Å². The number of ether oxygens (including phenoxy) is 1. The largest absolute Gasteiger partial charge is 0.504 e. The normalized spacial score (nSPS) is 12.1. The molecule has 1 aromatic carbocycles. The van der Waals surface area contributed by atoms with E-state index >= 15 is 0 Å². The maximum atomic E-state index is 11.4. The summed E-state index contributed by atoms with van der Waals surface area (Å²) < 4.78 is 4.80. The van der Waals surface area contributed by atoms with Crippen molar-refractivity contribution in [2.45, 2.75) is 13.0 Å². The zero-order chi connectivity index (χ0) is 11.4. The van der Waals surface area contributed by atoms with Crippen LogP contribution in [-0.4, -0.2) is 34.0 Å². The molecule has 5 heteroatoms. The lowest BCUT2D eigenvalue weighted by Gasteiger charge is -2.10. The van der Waals surface area contributed by atoms with Crippen molar-refractivity contribution in [3.63, 3.8) is 0 Å². The van der Waals surface area contributed by atoms with Crippen LogP contribution in [0.3, 0.4) is 0 Å². The van der Waals surface area contributed by atoms with E-state index in [4.69, 9.17) is 20.1 Å². The molecular formula is C10H12O5. The van der Waals surface area contributed by atoms with Gasteiger partial charge in [0.05, 0.1) is 12.2 Å². The molecule has 0 aliphatic carbocycles. The number of phenols is 2. The van der Waals surface area contributed by atoms with Crippen molar-refractivity contribution in [2.75, 3.05) is 6.61 Å². The molecule has 82 valence electrons. The standard InChI is InChI=1S/C10H12O5/c1-6(5-11)15-10(14)7-2-3-8(12)9(13)4-7/h2-4,6,11-13H,5H2,1H3. The molecule has 0 heterocycles. The SMILES string of the molecule is CC(CO)OC(=O)c1ccc(O)c(O)c1. The highest BCUT2D eigenvalue weighted by Gasteiger charge is 2.12. The Balaban J connectivity index is 2.78. The number of aromatic hydroxyl groups is 2. The van der Waals surface area contributed by atoms with Crippen LogP contribution in [0.15, 0.2) is 18.2 Å². The maximum absolute atomic E-state index is 11.4. The molecule has 0 radical (unpaired) electrons. The van der Waals surface area contributed by atoms with Gasteiger partial charge in [0.15, 0.2) is 11.5 Å². The van der Waals surface area contributed by atoms with E-state index in [2.05, 4.69) is 0 Å². The van der Waals surface area contributed by atoms with Crippen molar-refractivity contribution in [1.29, 1.82) is 0 Å². The van der Waals surface area contributed by atoms with Gasteiger partial charge in [-0.15, -0.1) is 0 Å². The minimum atomic E-state index is -0.660. The number of aliphatic hydroxyl groups is 1. The monoisotopic (exact) mass is 212 g/mol. The lowest BCUT2D eigenvalue weighted by Crippen LogP contribution is -2.18. The molecule has 3 N–H and O–H groups in total. The van der Waals surface area contributed by atoms with Crippen molar-refractivity contribution in [3.05, 3.63) is 23.8 Å². The molecule has 0 aliphatic heterocycles. The van der Waals surface area contributed by atoms with Crippen LogP contribution >= 0.6 is 0 Å². The molecule has 15 heavy (non-hydrogen) atoms. The number of aliphatic hydroxyl groups excluding tert-OH is 1. The summed E-state index contributed by atoms with van der Waals surface area (Å²) in [6, 6.07) is 3.61. The van der Waals surface area contributed by atoms with E-state index in [-0.39, 0.29) is 23.7 Å². The van der Waals surface area contributed by atoms with E-state index in [0.29, 0.717) is 0 Å². The molecule has 1 unspecified atom stereocenters. The Kier molecular flexibility index (Phi) is 3.51. The fourth-order valence-corrected chi connectivity index (χ4v) is 0.938. The van der Waals surface area contributed by atoms with E-state index in [1.807, 2.05) is 0 Å². The second-order valence-corrected chi connectivity index (χ2v) is 3.10. The molecule has 0 amide bonds. The van der Waals surface area contributed by atoms with Crippen molar-refractivity contribution in [1.82, 2.24) is 0 Å². The fourth-order valence-electron chi connectivity index (χ4n) is 0.938. The van der Waals surface area contributed by atoms with Crippen LogP contribution in [0.1, 0.15) is 17.3 Å². The van der Waals surface area contributed by atoms with Crippen LogP contribution in [-0.2, 0) is 4.74 Å². The molecule has 0 saturated carbocycles. The summed E-state index contributed by atoms with van der Waals surface area (Å²) in [5.41, 5.74) is 0.116. The van der Waals surface area contributed by atoms with E-state index in [1.165, 1.54) is 19.1 Å². The van der Waals surface area contributed by atoms with Gasteiger partial charge in [-0.2, -0.15) is 0 Å². The number of hydrogen-bond donors (Lipinski definition) is 3. The highest BCUT2D eigenvalue weighted by atomic mass is 16.5. The molecule has 1 aromatic rings. The average molecular weight is 212 g/mol. The van der Waals surface area contributed by atoms with Crippen molar-refractivity contribution < 1.29 is 24.9 Å². The molecule has 0 aromatic heterocycles. The number of phenolic OH excluding ortho intramolecular Hbond substituents is 2. The van der Waals surface area contributed by atoms with E-state index < -0.39 is 12.1 Å². The van der Waals surface area contributed by atoms with Gasteiger partial charge in [0, 0.05) is 0 Å². The Morgan fingerprint density at radius 2 is 2.07 bits per heavy atom. The molecule has 5 nitrogen and oxygen atoms in total. The molecule has 0 bridgehead atoms. The van der Waals surface area contributed by atoms with E-state index in [9.17, 15) is 4.79 Å². The number of hydrogen-bond acceptors (Lipinski definition) is 5. The summed E-state index contributed by atoms with van der Waals surface area (Å²) in [6.07, 6.45) is -0.603. The second kappa shape index (κ2) is 4.65. The Bertz CT molecular complexity index is 361. The van der Waals surface area contributed by atoms with Crippen LogP contribution in [0.25, 0.3) is 0 Å². The van der Waals surface area contributed by atoms with Crippen molar-refractivity contribution in [3.8, 4) is 11.5 Å². The Morgan fingerprint density at radius 3 is 2.60 bits per heavy atom. The zero-order valence-corrected chi connectivity index (χ0v) is 8.17. The highest BCUT2D eigenvalue weighted by molar-refractivity contribution is 5.90. The third kappa shape index (κ3) is 2.85. The summed E-state index contributed by atoms with van der Waals surface area (Å²) in [5.74, 6) is -1.35. The van der Waals surface area contributed by atoms with Gasteiger partial charge in [0.1, 0.15) is 6.10 Å². The lowest BCUT2D eigenvalue weighted by molar-refractivity contribution is 0.0196. The quantitative estimate of drug-likeness (QED) is 0.505. The summed E-state index contributed by atoms with van der Waals surface area (Å²) in [5, 5.41) is 26.8. The third-order valence-electron chi connectivity index (χ3n) is 1.78. The second-order valence-electron chi connectivity index (χ2n) is 3.10. The predicted octanol–water partition coefficient (Wildman–Crippen LogP) is 0.635. The number of carbonyl (C=O) groups excluding carboxylic acids is 1. The van der Waals surface area contributed by atoms with E-state index in [0.717, 1.165) is 6.07 Å². The van der Waals surface area contributed by atoms with Crippen molar-refractivity contribution >= 4 is 5.97 Å². The van der Waals surface area contributed by atoms with Gasteiger partial charge in [-0.05, 0) is 25.1 Å². The number of esters is 1. The molecule has 0 spiro atoms. The predicted molar refractivity (Wildman–Crippen MR) is 51.7 cm³/mol. The first kappa shape index (κ1) is 11.3. The van der Waals surface area contributed by atoms with Crippen LogP contribution in [0.5, 0.6) is 11.5 Å². The van der Waals surface area contributed by atoms with Crippen LogP contribution < -0.4 is 0 Å². The molecule has 1 rings (SSSR count). The Morgan fingerprint density at radius 1 is 1.40 bits per heavy atom. The third-order valence-corrected chi connectivity index (χ3v) is 1.78. The lowest BCUT2D eigenvalue weighted by atomic mass is 10.2. The Hall–Kier alpha value is -1.75. The molecule has 0 fully saturated rings. The first-order valence-electron chi connectivity index (χ1n) is 4.38. The van der Waals surface area contributed by atoms with Gasteiger partial charge in [-0.3, -0.25) is 0 Å². The van der Waals surface area contributed by atoms with E-state index in [1.54, 1.807) is 0 Å². The average Bonchev–Trinajstić information content (AvgIpc) is 2.21. The van der Waals surface area contributed by atoms with Crippen LogP contribution in [0.2, 0.25) is 0 Å². The van der Waals surface area contributed by atoms with Gasteiger partial charge in [-0.1, -0.05) is 0 Å². The first-order chi connectivity index (χ1) is 7.04. The topological polar surface area (TPSA) is 87.0 Å². The summed E-state index contributed by atoms with van der Waals surface area (Å²) >= 11 is 0. The smallest absolute Gasteiger partial charge is 0.338 e. The molecule has 0 aliphatic rings. The summed E-state index contributed by atoms with van der Waals surface area (Å²) in [4.78, 5) is 11.4. The molecular weight excluding hydrogens is 200 g/mol. The highest BCUT2D eigenvalue weighted by Crippen LogP contribution is 2.25. The number of benzene rings is 1. The first-order valence-corrected chi connectivity index (χ1v) is 4.38. The van der Waals surface area contributed by atoms with Gasteiger partial charge in [0.2, 0.25) is 0 Å². The van der Waals surface area contributed by atoms with Gasteiger partial charge in [0.25, 0.3) is 0 Å². The minimum Gasteiger partial charge on any atom is -0.504 e. The van der Waals surface area contributed by atoms with Gasteiger partial charge in [-0.25, -0.2) is 4.79 Å². The minimum absolute atomic E-state index is 0.116. The zero-order valence-electron chi connectivity index (χ0n) is 8.17. The molecule has 1 atom stereocenters. The van der Waals surface area contributed by atoms with Gasteiger partial charge < -0.3 is 20.1 Å². The molecule has 0 saturated heterocycles. The van der Waals surface area contributed by atoms with Crippen LogP contribution in [0, 0.1) is 0 Å².